The highest BCUT2D eigenvalue weighted by Gasteiger charge is 2.24. The summed E-state index contributed by atoms with van der Waals surface area (Å²) in [6.45, 7) is 5.58. The van der Waals surface area contributed by atoms with Crippen molar-refractivity contribution in [3.8, 4) is 11.3 Å². The molecule has 0 unspecified atom stereocenters. The summed E-state index contributed by atoms with van der Waals surface area (Å²) in [5, 5.41) is 4.50. The molecule has 0 amide bonds. The van der Waals surface area contributed by atoms with Crippen LogP contribution in [0.5, 0.6) is 0 Å². The fourth-order valence-corrected chi connectivity index (χ4v) is 4.31. The molecule has 1 aliphatic heterocycles. The normalized spacial score (nSPS) is 16.2. The average Bonchev–Trinajstić information content (AvgIpc) is 3.10. The number of anilines is 1. The van der Waals surface area contributed by atoms with Gasteiger partial charge in [0, 0.05) is 48.3 Å². The molecule has 1 N–H and O–H groups in total. The number of fused-ring (bicyclic) bond motifs is 4. The number of halogens is 1. The van der Waals surface area contributed by atoms with E-state index in [4.69, 9.17) is 9.72 Å². The van der Waals surface area contributed by atoms with Crippen LogP contribution in [0.1, 0.15) is 17.5 Å². The molecule has 1 aromatic heterocycles. The second-order valence-electron chi connectivity index (χ2n) is 7.54. The lowest BCUT2D eigenvalue weighted by atomic mass is 10.1. The molecule has 2 aromatic carbocycles. The summed E-state index contributed by atoms with van der Waals surface area (Å²) in [5.41, 5.74) is 6.58. The highest BCUT2D eigenvalue weighted by atomic mass is 19.1. The van der Waals surface area contributed by atoms with Crippen LogP contribution in [-0.2, 0) is 11.2 Å². The van der Waals surface area contributed by atoms with Gasteiger partial charge in [0.25, 0.3) is 0 Å². The summed E-state index contributed by atoms with van der Waals surface area (Å²) in [4.78, 5) is 7.31. The Morgan fingerprint density at radius 1 is 1.11 bits per heavy atom. The first-order valence-electron chi connectivity index (χ1n) is 10.0. The van der Waals surface area contributed by atoms with Gasteiger partial charge in [0.05, 0.1) is 24.4 Å². The number of aromatic nitrogens is 1. The van der Waals surface area contributed by atoms with E-state index < -0.39 is 0 Å². The van der Waals surface area contributed by atoms with E-state index in [0.29, 0.717) is 0 Å². The Morgan fingerprint density at radius 2 is 1.96 bits per heavy atom. The summed E-state index contributed by atoms with van der Waals surface area (Å²) in [6.07, 6.45) is 1.89. The summed E-state index contributed by atoms with van der Waals surface area (Å²) in [5.74, 6) is -0.221. The van der Waals surface area contributed by atoms with E-state index in [0.717, 1.165) is 74.5 Å². The predicted octanol–water partition coefficient (Wildman–Crippen LogP) is 4.08. The van der Waals surface area contributed by atoms with Crippen molar-refractivity contribution >= 4 is 16.6 Å². The third-order valence-corrected chi connectivity index (χ3v) is 5.74. The molecular formula is C23H24FN3O. The van der Waals surface area contributed by atoms with Crippen molar-refractivity contribution in [1.82, 2.24) is 9.88 Å². The van der Waals surface area contributed by atoms with E-state index in [-0.39, 0.29) is 5.82 Å². The van der Waals surface area contributed by atoms with E-state index in [1.165, 1.54) is 22.8 Å². The van der Waals surface area contributed by atoms with Crippen LogP contribution < -0.4 is 5.32 Å². The minimum absolute atomic E-state index is 0.221. The zero-order valence-electron chi connectivity index (χ0n) is 15.9. The number of nitrogens with zero attached hydrogens (tertiary/aromatic N) is 2. The summed E-state index contributed by atoms with van der Waals surface area (Å²) in [6, 6.07) is 13.3. The van der Waals surface area contributed by atoms with E-state index in [2.05, 4.69) is 34.5 Å². The number of ether oxygens (including phenoxy) is 1. The predicted molar refractivity (Wildman–Crippen MR) is 110 cm³/mol. The molecule has 0 saturated carbocycles. The molecule has 3 aromatic rings. The van der Waals surface area contributed by atoms with Crippen LogP contribution in [0.4, 0.5) is 10.1 Å². The zero-order chi connectivity index (χ0) is 18.9. The van der Waals surface area contributed by atoms with Gasteiger partial charge in [-0.25, -0.2) is 9.37 Å². The minimum Gasteiger partial charge on any atom is -0.384 e. The third-order valence-electron chi connectivity index (χ3n) is 5.74. The van der Waals surface area contributed by atoms with Crippen molar-refractivity contribution in [1.29, 1.82) is 0 Å². The Hall–Kier alpha value is -2.50. The van der Waals surface area contributed by atoms with E-state index >= 15 is 0 Å². The van der Waals surface area contributed by atoms with Crippen molar-refractivity contribution < 1.29 is 9.13 Å². The van der Waals surface area contributed by atoms with Crippen LogP contribution in [0.15, 0.2) is 42.5 Å². The lowest BCUT2D eigenvalue weighted by Gasteiger charge is -2.26. The summed E-state index contributed by atoms with van der Waals surface area (Å²) < 4.78 is 19.4. The van der Waals surface area contributed by atoms with Crippen molar-refractivity contribution in [3.05, 3.63) is 59.4 Å². The van der Waals surface area contributed by atoms with Gasteiger partial charge < -0.3 is 10.1 Å². The first-order valence-corrected chi connectivity index (χ1v) is 10.0. The lowest BCUT2D eigenvalue weighted by molar-refractivity contribution is 0.0378. The maximum Gasteiger partial charge on any atom is 0.124 e. The maximum atomic E-state index is 14.0. The Labute approximate surface area is 164 Å². The second kappa shape index (κ2) is 7.49. The molecule has 0 bridgehead atoms. The molecule has 144 valence electrons. The van der Waals surface area contributed by atoms with Gasteiger partial charge in [0.15, 0.2) is 0 Å². The Balaban J connectivity index is 1.43. The molecule has 2 heterocycles. The fourth-order valence-electron chi connectivity index (χ4n) is 4.31. The number of nitrogens with one attached hydrogen (secondary N) is 1. The van der Waals surface area contributed by atoms with Gasteiger partial charge in [-0.05, 0) is 36.7 Å². The molecule has 28 heavy (non-hydrogen) atoms. The van der Waals surface area contributed by atoms with Gasteiger partial charge >= 0.3 is 0 Å². The van der Waals surface area contributed by atoms with Crippen LogP contribution >= 0.6 is 0 Å². The minimum atomic E-state index is -0.221. The quantitative estimate of drug-likeness (QED) is 0.532. The number of pyridine rings is 1. The Morgan fingerprint density at radius 3 is 2.86 bits per heavy atom. The number of hydrogen-bond acceptors (Lipinski definition) is 4. The van der Waals surface area contributed by atoms with Crippen LogP contribution in [0.25, 0.3) is 22.2 Å². The smallest absolute Gasteiger partial charge is 0.124 e. The second-order valence-corrected chi connectivity index (χ2v) is 7.54. The topological polar surface area (TPSA) is 37.4 Å². The fraction of sp³-hybridized carbons (Fsp3) is 0.348. The largest absolute Gasteiger partial charge is 0.384 e. The highest BCUT2D eigenvalue weighted by Crippen LogP contribution is 2.42. The van der Waals surface area contributed by atoms with E-state index in [1.54, 1.807) is 12.1 Å². The van der Waals surface area contributed by atoms with Crippen LogP contribution in [0.3, 0.4) is 0 Å². The van der Waals surface area contributed by atoms with Crippen LogP contribution in [0.2, 0.25) is 0 Å². The molecule has 4 nitrogen and oxygen atoms in total. The van der Waals surface area contributed by atoms with E-state index in [9.17, 15) is 4.39 Å². The summed E-state index contributed by atoms with van der Waals surface area (Å²) >= 11 is 0. The molecule has 1 fully saturated rings. The third kappa shape index (κ3) is 3.25. The van der Waals surface area contributed by atoms with E-state index in [1.807, 2.05) is 0 Å². The molecular weight excluding hydrogens is 353 g/mol. The van der Waals surface area contributed by atoms with Gasteiger partial charge in [-0.2, -0.15) is 0 Å². The molecule has 0 spiro atoms. The molecule has 0 radical (unpaired) electrons. The monoisotopic (exact) mass is 377 g/mol. The molecule has 0 atom stereocenters. The van der Waals surface area contributed by atoms with Gasteiger partial charge in [0.1, 0.15) is 5.82 Å². The summed E-state index contributed by atoms with van der Waals surface area (Å²) in [7, 11) is 0. The van der Waals surface area contributed by atoms with Crippen molar-refractivity contribution in [3.63, 3.8) is 0 Å². The van der Waals surface area contributed by atoms with Gasteiger partial charge in [-0.3, -0.25) is 4.90 Å². The van der Waals surface area contributed by atoms with Crippen LogP contribution in [0, 0.1) is 5.82 Å². The molecule has 5 rings (SSSR count). The lowest BCUT2D eigenvalue weighted by Crippen LogP contribution is -2.37. The number of benzene rings is 2. The Bertz CT molecular complexity index is 1010. The Kier molecular flexibility index (Phi) is 4.71. The average molecular weight is 377 g/mol. The maximum absolute atomic E-state index is 14.0. The first kappa shape index (κ1) is 17.6. The van der Waals surface area contributed by atoms with Gasteiger partial charge in [0.2, 0.25) is 0 Å². The molecule has 2 aliphatic rings. The zero-order valence-corrected chi connectivity index (χ0v) is 15.9. The van der Waals surface area contributed by atoms with Crippen molar-refractivity contribution in [2.24, 2.45) is 0 Å². The van der Waals surface area contributed by atoms with Gasteiger partial charge in [-0.1, -0.05) is 24.3 Å². The van der Waals surface area contributed by atoms with Crippen LogP contribution in [-0.4, -0.2) is 49.3 Å². The van der Waals surface area contributed by atoms with Gasteiger partial charge in [-0.15, -0.1) is 0 Å². The van der Waals surface area contributed by atoms with Crippen molar-refractivity contribution in [2.75, 3.05) is 44.7 Å². The SMILES string of the molecule is Fc1ccc2nc3c(c(NCCCN4CCOCC4)c2c1)Cc1ccccc1-3. The van der Waals surface area contributed by atoms with Crippen molar-refractivity contribution in [2.45, 2.75) is 12.8 Å². The molecule has 5 heteroatoms. The first-order chi connectivity index (χ1) is 13.8. The highest BCUT2D eigenvalue weighted by molar-refractivity contribution is 5.98. The molecule has 1 saturated heterocycles. The number of morpholine rings is 1. The standard InChI is InChI=1S/C23H24FN3O/c24-17-6-7-21-19(15-17)22(25-8-3-9-27-10-12-28-13-11-27)20-14-16-4-1-2-5-18(16)23(20)26-21/h1-2,4-7,15H,3,8-14H2,(H,25,26). The number of rotatable bonds is 5. The molecule has 1 aliphatic carbocycles. The number of hydrogen-bond donors (Lipinski definition) is 1.